The molecule has 0 saturated carbocycles. The molecule has 1 aliphatic heterocycles. The Labute approximate surface area is 159 Å². The van der Waals surface area contributed by atoms with Gasteiger partial charge in [-0.3, -0.25) is 4.79 Å². The highest BCUT2D eigenvalue weighted by Gasteiger charge is 2.23. The van der Waals surface area contributed by atoms with Gasteiger partial charge in [-0.25, -0.2) is 0 Å². The number of ether oxygens (including phenoxy) is 1. The van der Waals surface area contributed by atoms with E-state index in [9.17, 15) is 4.79 Å². The number of hydrogen-bond acceptors (Lipinski definition) is 4. The van der Waals surface area contributed by atoms with Gasteiger partial charge in [0.05, 0.1) is 25.1 Å². The van der Waals surface area contributed by atoms with Gasteiger partial charge in [-0.05, 0) is 55.1 Å². The van der Waals surface area contributed by atoms with Gasteiger partial charge in [0.2, 0.25) is 0 Å². The minimum Gasteiger partial charge on any atom is -0.378 e. The largest absolute Gasteiger partial charge is 0.378 e. The smallest absolute Gasteiger partial charge is 0.282 e. The third kappa shape index (κ3) is 4.63. The maximum atomic E-state index is 12.6. The first kappa shape index (κ1) is 18.9. The van der Waals surface area contributed by atoms with Crippen LogP contribution in [0.5, 0.6) is 0 Å². The number of hydrogen-bond donors (Lipinski definition) is 2. The number of nitrogens with one attached hydrogen (secondary N) is 2. The van der Waals surface area contributed by atoms with Crippen LogP contribution in [-0.4, -0.2) is 45.3 Å². The summed E-state index contributed by atoms with van der Waals surface area (Å²) in [4.78, 5) is 17.4. The second-order valence-electron chi connectivity index (χ2n) is 6.91. The van der Waals surface area contributed by atoms with Gasteiger partial charge in [-0.2, -0.15) is 0 Å². The minimum atomic E-state index is -0.115. The number of anilines is 2. The zero-order valence-corrected chi connectivity index (χ0v) is 16.6. The zero-order valence-electron chi connectivity index (χ0n) is 15.7. The van der Waals surface area contributed by atoms with Crippen LogP contribution in [0.15, 0.2) is 35.7 Å². The van der Waals surface area contributed by atoms with Crippen molar-refractivity contribution in [1.29, 1.82) is 0 Å². The average Bonchev–Trinajstić information content (AvgIpc) is 3.07. The van der Waals surface area contributed by atoms with Gasteiger partial charge in [-0.1, -0.05) is 0 Å². The van der Waals surface area contributed by atoms with Crippen molar-refractivity contribution in [2.75, 3.05) is 43.6 Å². The molecule has 5 nitrogen and oxygen atoms in total. The summed E-state index contributed by atoms with van der Waals surface area (Å²) in [5, 5.41) is 5.16. The highest BCUT2D eigenvalue weighted by molar-refractivity contribution is 7.10. The number of rotatable bonds is 6. The van der Waals surface area contributed by atoms with Crippen molar-refractivity contribution in [2.24, 2.45) is 0 Å². The van der Waals surface area contributed by atoms with Gasteiger partial charge in [-0.15, -0.1) is 11.3 Å². The van der Waals surface area contributed by atoms with Crippen LogP contribution in [0.3, 0.4) is 0 Å². The lowest BCUT2D eigenvalue weighted by atomic mass is 10.2. The summed E-state index contributed by atoms with van der Waals surface area (Å²) in [6.07, 6.45) is 0. The summed E-state index contributed by atoms with van der Waals surface area (Å²) in [5.41, 5.74) is 3.33. The quantitative estimate of drug-likeness (QED) is 0.812. The first-order chi connectivity index (χ1) is 12.5. The molecule has 1 amide bonds. The predicted molar refractivity (Wildman–Crippen MR) is 107 cm³/mol. The Morgan fingerprint density at radius 1 is 1.27 bits per heavy atom. The van der Waals surface area contributed by atoms with Crippen LogP contribution in [0, 0.1) is 6.92 Å². The van der Waals surface area contributed by atoms with Crippen LogP contribution in [0.1, 0.15) is 17.4 Å². The molecule has 1 aromatic carbocycles. The molecule has 6 heteroatoms. The summed E-state index contributed by atoms with van der Waals surface area (Å²) in [6.45, 7) is 8.35. The van der Waals surface area contributed by atoms with Crippen molar-refractivity contribution in [1.82, 2.24) is 0 Å². The highest BCUT2D eigenvalue weighted by Crippen LogP contribution is 2.19. The molecule has 3 rings (SSSR count). The van der Waals surface area contributed by atoms with E-state index in [1.165, 1.54) is 21.0 Å². The fourth-order valence-corrected chi connectivity index (χ4v) is 4.04. The first-order valence-corrected chi connectivity index (χ1v) is 10.0. The van der Waals surface area contributed by atoms with Crippen LogP contribution >= 0.6 is 11.3 Å². The van der Waals surface area contributed by atoms with Crippen molar-refractivity contribution in [2.45, 2.75) is 26.4 Å². The summed E-state index contributed by atoms with van der Waals surface area (Å²) < 4.78 is 5.39. The molecule has 2 N–H and O–H groups in total. The normalized spacial score (nSPS) is 17.0. The van der Waals surface area contributed by atoms with E-state index in [0.29, 0.717) is 0 Å². The molecule has 140 valence electrons. The lowest BCUT2D eigenvalue weighted by molar-refractivity contribution is -0.907. The second-order valence-corrected chi connectivity index (χ2v) is 7.91. The van der Waals surface area contributed by atoms with E-state index in [4.69, 9.17) is 4.74 Å². The fourth-order valence-electron chi connectivity index (χ4n) is 3.04. The van der Waals surface area contributed by atoms with Gasteiger partial charge >= 0.3 is 0 Å². The fraction of sp³-hybridized carbons (Fsp3) is 0.450. The van der Waals surface area contributed by atoms with Crippen LogP contribution in [-0.2, 0) is 16.1 Å². The lowest BCUT2D eigenvalue weighted by Gasteiger charge is -2.29. The Hall–Kier alpha value is -1.89. The third-order valence-corrected chi connectivity index (χ3v) is 6.07. The maximum absolute atomic E-state index is 12.6. The second kappa shape index (κ2) is 8.66. The number of aryl methyl sites for hydroxylation is 1. The molecule has 1 unspecified atom stereocenters. The number of morpholine rings is 1. The van der Waals surface area contributed by atoms with Gasteiger partial charge < -0.3 is 19.9 Å². The molecule has 26 heavy (non-hydrogen) atoms. The van der Waals surface area contributed by atoms with E-state index >= 15 is 0 Å². The van der Waals surface area contributed by atoms with Gasteiger partial charge in [0.15, 0.2) is 6.04 Å². The third-order valence-electron chi connectivity index (χ3n) is 5.05. The average molecular weight is 375 g/mol. The topological polar surface area (TPSA) is 46.0 Å². The van der Waals surface area contributed by atoms with Gasteiger partial charge in [0, 0.05) is 24.5 Å². The molecule has 2 heterocycles. The minimum absolute atomic E-state index is 0.0517. The molecule has 1 fully saturated rings. The van der Waals surface area contributed by atoms with Gasteiger partial charge in [0.25, 0.3) is 5.91 Å². The Morgan fingerprint density at radius 3 is 2.58 bits per heavy atom. The summed E-state index contributed by atoms with van der Waals surface area (Å²) in [5.74, 6) is 0.0517. The number of amides is 1. The standard InChI is InChI=1S/C20H27N3O2S/c1-15-8-13-26-19(15)14-22(3)16(2)20(24)21-17-4-6-18(7-5-17)23-9-11-25-12-10-23/h4-8,13,16H,9-12,14H2,1-3H3,(H,21,24)/p+1/t16-/m1/s1. The summed E-state index contributed by atoms with van der Waals surface area (Å²) in [7, 11) is 2.07. The Balaban J connectivity index is 1.55. The van der Waals surface area contributed by atoms with E-state index in [0.717, 1.165) is 38.5 Å². The molecule has 1 saturated heterocycles. The molecule has 2 aromatic rings. The first-order valence-electron chi connectivity index (χ1n) is 9.13. The highest BCUT2D eigenvalue weighted by atomic mass is 32.1. The summed E-state index contributed by atoms with van der Waals surface area (Å²) in [6, 6.07) is 10.1. The lowest BCUT2D eigenvalue weighted by Crippen LogP contribution is -3.12. The van der Waals surface area contributed by atoms with Crippen molar-refractivity contribution in [3.63, 3.8) is 0 Å². The zero-order chi connectivity index (χ0) is 18.5. The Kier molecular flexibility index (Phi) is 6.29. The van der Waals surface area contributed by atoms with E-state index in [-0.39, 0.29) is 11.9 Å². The predicted octanol–water partition coefficient (Wildman–Crippen LogP) is 1.94. The van der Waals surface area contributed by atoms with Crippen LogP contribution < -0.4 is 15.1 Å². The van der Waals surface area contributed by atoms with Crippen molar-refractivity contribution < 1.29 is 14.4 Å². The molecule has 2 atom stereocenters. The number of quaternary nitrogens is 1. The molecular formula is C20H28N3O2S+. The van der Waals surface area contributed by atoms with Crippen LogP contribution in [0.4, 0.5) is 11.4 Å². The number of likely N-dealkylation sites (N-methyl/N-ethyl adjacent to an activating group) is 1. The molecule has 0 radical (unpaired) electrons. The molecule has 0 aliphatic carbocycles. The van der Waals surface area contributed by atoms with Gasteiger partial charge in [0.1, 0.15) is 6.54 Å². The number of thiophene rings is 1. The number of benzene rings is 1. The number of carbonyl (C=O) groups excluding carboxylic acids is 1. The Morgan fingerprint density at radius 2 is 1.96 bits per heavy atom. The van der Waals surface area contributed by atoms with Crippen LogP contribution in [0.25, 0.3) is 0 Å². The molecule has 0 spiro atoms. The SMILES string of the molecule is Cc1ccsc1C[NH+](C)[C@H](C)C(=O)Nc1ccc(N2CCOCC2)cc1. The van der Waals surface area contributed by atoms with Crippen molar-refractivity contribution >= 4 is 28.6 Å². The van der Waals surface area contributed by atoms with Crippen molar-refractivity contribution in [3.8, 4) is 0 Å². The summed E-state index contributed by atoms with van der Waals surface area (Å²) >= 11 is 1.76. The van der Waals surface area contributed by atoms with Crippen molar-refractivity contribution in [3.05, 3.63) is 46.2 Å². The Bertz CT molecular complexity index is 723. The molecular weight excluding hydrogens is 346 g/mol. The van der Waals surface area contributed by atoms with E-state index in [2.05, 4.69) is 47.8 Å². The molecule has 1 aliphatic rings. The number of nitrogens with zero attached hydrogens (tertiary/aromatic N) is 1. The monoisotopic (exact) mass is 374 g/mol. The van der Waals surface area contributed by atoms with E-state index in [1.54, 1.807) is 11.3 Å². The molecule has 1 aromatic heterocycles. The van der Waals surface area contributed by atoms with E-state index in [1.807, 2.05) is 19.1 Å². The van der Waals surface area contributed by atoms with Crippen LogP contribution in [0.2, 0.25) is 0 Å². The maximum Gasteiger partial charge on any atom is 0.282 e. The number of carbonyl (C=O) groups is 1. The molecule has 0 bridgehead atoms. The van der Waals surface area contributed by atoms with E-state index < -0.39 is 0 Å².